The molecule has 2 amide bonds. The lowest BCUT2D eigenvalue weighted by atomic mass is 9.81. The van der Waals surface area contributed by atoms with Gasteiger partial charge >= 0.3 is 0 Å². The molecule has 1 unspecified atom stereocenters. The van der Waals surface area contributed by atoms with Gasteiger partial charge in [-0.2, -0.15) is 8.42 Å². The summed E-state index contributed by atoms with van der Waals surface area (Å²) in [6, 6.07) is 14.4. The van der Waals surface area contributed by atoms with Crippen molar-refractivity contribution >= 4 is 40.9 Å². The Hall–Kier alpha value is -3.43. The molecular formula is C26H31BN2O5S. The Morgan fingerprint density at radius 1 is 1.11 bits per heavy atom. The SMILES string of the molecule is Bc1ccc(NC(=O)[C@@H](C(/C=C\C)=C/C=C)C(C)c2ccc(C(=O)NCCS(=O)(=O)O)cc2)cc1. The first-order chi connectivity index (χ1) is 16.6. The molecule has 2 rings (SSSR count). The normalized spacial score (nSPS) is 13.7. The maximum Gasteiger partial charge on any atom is 0.266 e. The second-order valence-corrected chi connectivity index (χ2v) is 9.76. The van der Waals surface area contributed by atoms with Crippen molar-refractivity contribution in [3.05, 3.63) is 96.1 Å². The summed E-state index contributed by atoms with van der Waals surface area (Å²) in [5.41, 5.74) is 3.78. The number of amides is 2. The Bertz CT molecular complexity index is 1200. The maximum atomic E-state index is 13.4. The summed E-state index contributed by atoms with van der Waals surface area (Å²) in [6.07, 6.45) is 7.21. The van der Waals surface area contributed by atoms with Gasteiger partial charge < -0.3 is 10.6 Å². The maximum absolute atomic E-state index is 13.4. The summed E-state index contributed by atoms with van der Waals surface area (Å²) in [5.74, 6) is -1.95. The van der Waals surface area contributed by atoms with E-state index in [0.29, 0.717) is 11.3 Å². The van der Waals surface area contributed by atoms with Crippen molar-refractivity contribution in [3.63, 3.8) is 0 Å². The van der Waals surface area contributed by atoms with Gasteiger partial charge in [-0.1, -0.05) is 67.5 Å². The number of benzene rings is 2. The molecule has 0 saturated heterocycles. The second-order valence-electron chi connectivity index (χ2n) is 8.19. The molecule has 0 heterocycles. The van der Waals surface area contributed by atoms with Crippen LogP contribution in [0.5, 0.6) is 0 Å². The van der Waals surface area contributed by atoms with Crippen LogP contribution in [0.25, 0.3) is 0 Å². The van der Waals surface area contributed by atoms with Gasteiger partial charge in [-0.3, -0.25) is 14.1 Å². The van der Waals surface area contributed by atoms with Crippen LogP contribution in [0, 0.1) is 5.92 Å². The predicted octanol–water partition coefficient (Wildman–Crippen LogP) is 2.61. The zero-order valence-electron chi connectivity index (χ0n) is 20.2. The molecule has 0 aromatic heterocycles. The van der Waals surface area contributed by atoms with Gasteiger partial charge in [-0.15, -0.1) is 0 Å². The topological polar surface area (TPSA) is 113 Å². The van der Waals surface area contributed by atoms with Crippen LogP contribution in [0.4, 0.5) is 5.69 Å². The first-order valence-corrected chi connectivity index (χ1v) is 12.8. The van der Waals surface area contributed by atoms with Crippen LogP contribution in [0.2, 0.25) is 0 Å². The molecular weight excluding hydrogens is 463 g/mol. The molecule has 0 saturated carbocycles. The molecule has 2 aromatic rings. The molecule has 3 N–H and O–H groups in total. The number of allylic oxidation sites excluding steroid dienone is 4. The highest BCUT2D eigenvalue weighted by molar-refractivity contribution is 7.85. The quantitative estimate of drug-likeness (QED) is 0.253. The van der Waals surface area contributed by atoms with Crippen molar-refractivity contribution in [2.45, 2.75) is 19.8 Å². The highest BCUT2D eigenvalue weighted by Crippen LogP contribution is 2.32. The largest absolute Gasteiger partial charge is 0.351 e. The Morgan fingerprint density at radius 2 is 1.74 bits per heavy atom. The molecule has 2 aromatic carbocycles. The second kappa shape index (κ2) is 12.9. The van der Waals surface area contributed by atoms with Crippen LogP contribution in [0.15, 0.2) is 85.0 Å². The van der Waals surface area contributed by atoms with Gasteiger partial charge in [0.05, 0.1) is 11.7 Å². The minimum Gasteiger partial charge on any atom is -0.351 e. The molecule has 0 spiro atoms. The molecule has 0 bridgehead atoms. The Kier molecular flexibility index (Phi) is 10.2. The van der Waals surface area contributed by atoms with E-state index in [0.717, 1.165) is 16.6 Å². The van der Waals surface area contributed by atoms with E-state index in [-0.39, 0.29) is 18.4 Å². The molecule has 0 aliphatic heterocycles. The molecule has 0 radical (unpaired) electrons. The van der Waals surface area contributed by atoms with E-state index in [1.165, 1.54) is 0 Å². The van der Waals surface area contributed by atoms with E-state index in [1.807, 2.05) is 64.2 Å². The number of hydrogen-bond acceptors (Lipinski definition) is 4. The van der Waals surface area contributed by atoms with Crippen LogP contribution in [-0.4, -0.2) is 44.9 Å². The lowest BCUT2D eigenvalue weighted by Gasteiger charge is -2.25. The van der Waals surface area contributed by atoms with Crippen molar-refractivity contribution in [1.82, 2.24) is 5.32 Å². The third-order valence-corrected chi connectivity index (χ3v) is 6.19. The lowest BCUT2D eigenvalue weighted by Crippen LogP contribution is -2.29. The minimum absolute atomic E-state index is 0.167. The number of carbonyl (C=O) groups is 2. The summed E-state index contributed by atoms with van der Waals surface area (Å²) < 4.78 is 30.4. The molecule has 0 aliphatic carbocycles. The first kappa shape index (κ1) is 27.8. The van der Waals surface area contributed by atoms with Crippen LogP contribution in [-0.2, 0) is 14.9 Å². The van der Waals surface area contributed by atoms with Gasteiger partial charge in [0.2, 0.25) is 5.91 Å². The summed E-state index contributed by atoms with van der Waals surface area (Å²) in [4.78, 5) is 25.7. The third-order valence-electron chi connectivity index (χ3n) is 5.47. The van der Waals surface area contributed by atoms with Crippen molar-refractivity contribution in [2.75, 3.05) is 17.6 Å². The van der Waals surface area contributed by atoms with Gasteiger partial charge in [-0.25, -0.2) is 0 Å². The van der Waals surface area contributed by atoms with Crippen molar-refractivity contribution in [2.24, 2.45) is 5.92 Å². The summed E-state index contributed by atoms with van der Waals surface area (Å²) in [7, 11) is -2.17. The van der Waals surface area contributed by atoms with Crippen molar-refractivity contribution in [3.8, 4) is 0 Å². The molecule has 2 atom stereocenters. The molecule has 7 nitrogen and oxygen atoms in total. The highest BCUT2D eigenvalue weighted by atomic mass is 32.2. The Labute approximate surface area is 208 Å². The van der Waals surface area contributed by atoms with E-state index in [1.54, 1.807) is 30.3 Å². The van der Waals surface area contributed by atoms with Crippen LogP contribution >= 0.6 is 0 Å². The van der Waals surface area contributed by atoms with Gasteiger partial charge in [0.15, 0.2) is 0 Å². The molecule has 0 aliphatic rings. The third kappa shape index (κ3) is 8.70. The van der Waals surface area contributed by atoms with Gasteiger partial charge in [0.25, 0.3) is 16.0 Å². The highest BCUT2D eigenvalue weighted by Gasteiger charge is 2.29. The predicted molar refractivity (Wildman–Crippen MR) is 143 cm³/mol. The van der Waals surface area contributed by atoms with Crippen molar-refractivity contribution in [1.29, 1.82) is 0 Å². The summed E-state index contributed by atoms with van der Waals surface area (Å²) in [5, 5.41) is 5.46. The summed E-state index contributed by atoms with van der Waals surface area (Å²) in [6.45, 7) is 7.41. The molecule has 0 fully saturated rings. The summed E-state index contributed by atoms with van der Waals surface area (Å²) >= 11 is 0. The fourth-order valence-corrected chi connectivity index (χ4v) is 4.00. The Balaban J connectivity index is 2.28. The van der Waals surface area contributed by atoms with Gasteiger partial charge in [-0.05, 0) is 48.2 Å². The number of anilines is 1. The number of nitrogens with one attached hydrogen (secondary N) is 2. The Morgan fingerprint density at radius 3 is 2.29 bits per heavy atom. The number of rotatable bonds is 11. The van der Waals surface area contributed by atoms with Gasteiger partial charge in [0.1, 0.15) is 7.85 Å². The van der Waals surface area contributed by atoms with Gasteiger partial charge in [0, 0.05) is 17.8 Å². The average molecular weight is 494 g/mol. The zero-order chi connectivity index (χ0) is 26.0. The molecule has 9 heteroatoms. The van der Waals surface area contributed by atoms with E-state index >= 15 is 0 Å². The van der Waals surface area contributed by atoms with Crippen LogP contribution in [0.3, 0.4) is 0 Å². The first-order valence-electron chi connectivity index (χ1n) is 11.2. The van der Waals surface area contributed by atoms with Crippen LogP contribution < -0.4 is 16.1 Å². The minimum atomic E-state index is -4.15. The fourth-order valence-electron chi connectivity index (χ4n) is 3.64. The average Bonchev–Trinajstić information content (AvgIpc) is 2.80. The number of carbonyl (C=O) groups excluding carboxylic acids is 2. The van der Waals surface area contributed by atoms with Crippen LogP contribution in [0.1, 0.15) is 35.7 Å². The fraction of sp³-hybridized carbons (Fsp3) is 0.231. The lowest BCUT2D eigenvalue weighted by molar-refractivity contribution is -0.119. The smallest absolute Gasteiger partial charge is 0.266 e. The molecule has 35 heavy (non-hydrogen) atoms. The van der Waals surface area contributed by atoms with E-state index in [4.69, 9.17) is 4.55 Å². The van der Waals surface area contributed by atoms with E-state index in [9.17, 15) is 18.0 Å². The zero-order valence-corrected chi connectivity index (χ0v) is 21.0. The monoisotopic (exact) mass is 494 g/mol. The van der Waals surface area contributed by atoms with E-state index < -0.39 is 27.7 Å². The molecule has 184 valence electrons. The number of hydrogen-bond donors (Lipinski definition) is 3. The van der Waals surface area contributed by atoms with E-state index in [2.05, 4.69) is 17.2 Å². The van der Waals surface area contributed by atoms with Crippen molar-refractivity contribution < 1.29 is 22.6 Å². The standard InChI is InChI=1S/C26H31BN2O5S/c1-4-6-20(7-5-2)24(26(31)29-23-14-12-22(27)13-15-23)18(3)19-8-10-21(11-9-19)25(30)28-16-17-35(32,33)34/h4-15,18,24H,1,16-17,27H2,2-3H3,(H,28,30)(H,29,31)(H,32,33,34)/b7-5-,20-6+/t18?,24-/m1/s1.